The van der Waals surface area contributed by atoms with Crippen molar-refractivity contribution in [3.8, 4) is 23.2 Å². The minimum Gasteiger partial charge on any atom is -0.467 e. The first-order valence-electron chi connectivity index (χ1n) is 17.4. The monoisotopic (exact) mass is 765 g/mol. The summed E-state index contributed by atoms with van der Waals surface area (Å²) in [5.41, 5.74) is 1.15. The van der Waals surface area contributed by atoms with Crippen LogP contribution in [0.1, 0.15) is 63.0 Å². The lowest BCUT2D eigenvalue weighted by Gasteiger charge is -2.18. The summed E-state index contributed by atoms with van der Waals surface area (Å²) in [5, 5.41) is 11.8. The number of alkyl halides is 5. The van der Waals surface area contributed by atoms with Crippen LogP contribution in [0.3, 0.4) is 0 Å². The van der Waals surface area contributed by atoms with E-state index >= 15 is 4.39 Å². The Hall–Kier alpha value is -4.43. The Kier molecular flexibility index (Phi) is 10.9. The van der Waals surface area contributed by atoms with Gasteiger partial charge in [-0.2, -0.15) is 28.4 Å². The molecule has 3 saturated heterocycles. The Morgan fingerprint density at radius 3 is 2.49 bits per heavy atom. The first kappa shape index (κ1) is 38.3. The molecule has 1 saturated carbocycles. The van der Waals surface area contributed by atoms with Gasteiger partial charge in [0.1, 0.15) is 34.4 Å². The highest BCUT2D eigenvalue weighted by atomic mass is 32.1. The van der Waals surface area contributed by atoms with Crippen molar-refractivity contribution in [2.24, 2.45) is 0 Å². The molecule has 4 fully saturated rings. The van der Waals surface area contributed by atoms with Crippen molar-refractivity contribution < 1.29 is 40.3 Å². The summed E-state index contributed by atoms with van der Waals surface area (Å²) < 4.78 is 103. The second kappa shape index (κ2) is 15.1. The predicted octanol–water partition coefficient (Wildman–Crippen LogP) is 8.01. The lowest BCUT2D eigenvalue weighted by molar-refractivity contribution is -0.137. The van der Waals surface area contributed by atoms with Gasteiger partial charge < -0.3 is 20.7 Å². The second-order valence-electron chi connectivity index (χ2n) is 13.4. The van der Waals surface area contributed by atoms with Crippen LogP contribution in [0.2, 0.25) is 0 Å². The molecule has 1 aliphatic carbocycles. The molecule has 4 aliphatic rings. The maximum Gasteiger partial charge on any atom is 0.417 e. The average molecular weight is 766 g/mol. The third-order valence-corrected chi connectivity index (χ3v) is 10.9. The molecule has 2 aromatic carbocycles. The Morgan fingerprint density at radius 2 is 1.89 bits per heavy atom. The highest BCUT2D eigenvalue weighted by Gasteiger charge is 2.53. The molecular weight excluding hydrogens is 727 g/mol. The van der Waals surface area contributed by atoms with Crippen molar-refractivity contribution in [1.29, 1.82) is 5.26 Å². The number of aromatic nitrogens is 2. The topological polar surface area (TPSA) is 120 Å². The maximum atomic E-state index is 15.9. The summed E-state index contributed by atoms with van der Waals surface area (Å²) in [6.07, 6.45) is 0.796. The molecule has 3 N–H and O–H groups in total. The number of benzene rings is 2. The van der Waals surface area contributed by atoms with Crippen molar-refractivity contribution >= 4 is 49.1 Å². The van der Waals surface area contributed by atoms with Crippen LogP contribution in [0.15, 0.2) is 18.2 Å². The molecule has 0 bridgehead atoms. The van der Waals surface area contributed by atoms with E-state index in [1.54, 1.807) is 17.9 Å². The molecule has 2 unspecified atom stereocenters. The van der Waals surface area contributed by atoms with E-state index in [9.17, 15) is 36.4 Å². The number of anilines is 2. The number of nitrogens with zero attached hydrogens (tertiary/aromatic N) is 5. The summed E-state index contributed by atoms with van der Waals surface area (Å²) in [7, 11) is 1.23. The lowest BCUT2D eigenvalue weighted by atomic mass is 9.92. The Labute approximate surface area is 304 Å². The summed E-state index contributed by atoms with van der Waals surface area (Å²) in [6.45, 7) is 5.37. The van der Waals surface area contributed by atoms with Crippen LogP contribution < -0.4 is 15.8 Å². The zero-order chi connectivity index (χ0) is 38.2. The largest absolute Gasteiger partial charge is 0.467 e. The maximum absolute atomic E-state index is 15.9. The van der Waals surface area contributed by atoms with Gasteiger partial charge >= 0.3 is 12.2 Å². The van der Waals surface area contributed by atoms with Gasteiger partial charge in [0.2, 0.25) is 0 Å². The third-order valence-electron chi connectivity index (χ3n) is 9.87. The van der Waals surface area contributed by atoms with Crippen LogP contribution in [-0.2, 0) is 11.0 Å². The molecule has 4 aromatic rings. The number of amides is 1. The fraction of sp³-hybridized carbons (Fsp3) is 0.500. The number of hydrogen-bond donors (Lipinski definition) is 2. The van der Waals surface area contributed by atoms with E-state index in [0.717, 1.165) is 57.1 Å². The molecule has 0 spiro atoms. The molecule has 3 aliphatic heterocycles. The molecule has 1 amide bonds. The Bertz CT molecular complexity index is 2050. The van der Waals surface area contributed by atoms with E-state index < -0.39 is 46.3 Å². The number of likely N-dealkylation sites (tertiary alicyclic amines) is 1. The smallest absolute Gasteiger partial charge is 0.417 e. The third kappa shape index (κ3) is 7.66. The Morgan fingerprint density at radius 1 is 1.17 bits per heavy atom. The Balaban J connectivity index is 0.000000192. The van der Waals surface area contributed by atoms with Crippen LogP contribution in [0, 0.1) is 23.0 Å². The predicted molar refractivity (Wildman–Crippen MR) is 188 cm³/mol. The first-order valence-corrected chi connectivity index (χ1v) is 18.2. The molecule has 53 heavy (non-hydrogen) atoms. The van der Waals surface area contributed by atoms with Gasteiger partial charge in [-0.25, -0.2) is 17.6 Å². The number of nitriles is 1. The summed E-state index contributed by atoms with van der Waals surface area (Å²) >= 11 is 0.698. The molecule has 8 rings (SSSR count). The van der Waals surface area contributed by atoms with Gasteiger partial charge in [-0.3, -0.25) is 9.69 Å². The van der Waals surface area contributed by atoms with Crippen molar-refractivity contribution in [3.05, 3.63) is 41.0 Å². The summed E-state index contributed by atoms with van der Waals surface area (Å²) in [5.74, 6) is -2.41. The molecule has 0 radical (unpaired) electrons. The number of nitrogens with one attached hydrogen (secondary N) is 1. The van der Waals surface area contributed by atoms with E-state index in [2.05, 4.69) is 20.2 Å². The zero-order valence-electron chi connectivity index (χ0n) is 29.1. The van der Waals surface area contributed by atoms with Gasteiger partial charge in [0.15, 0.2) is 11.5 Å². The van der Waals surface area contributed by atoms with Gasteiger partial charge in [0.25, 0.3) is 5.91 Å². The lowest BCUT2D eigenvalue weighted by Crippen LogP contribution is -2.36. The van der Waals surface area contributed by atoms with Crippen LogP contribution in [-0.4, -0.2) is 83.4 Å². The van der Waals surface area contributed by atoms with Crippen LogP contribution in [0.25, 0.3) is 32.1 Å². The average Bonchev–Trinajstić information content (AvgIpc) is 3.57. The number of carbonyl (C=O) groups excluding carboxylic acids is 1. The molecule has 284 valence electrons. The van der Waals surface area contributed by atoms with Crippen LogP contribution in [0.5, 0.6) is 6.01 Å². The van der Waals surface area contributed by atoms with Crippen molar-refractivity contribution in [2.75, 3.05) is 50.9 Å². The van der Waals surface area contributed by atoms with E-state index in [0.29, 0.717) is 36.8 Å². The van der Waals surface area contributed by atoms with Crippen LogP contribution in [0.4, 0.5) is 41.6 Å². The number of nitrogens with two attached hydrogens (primary N) is 1. The standard InChI is InChI=1S/C21H14F5N5OS.C8H12FNO.C7H12FN/c1-3-29-19-9-6-11(21(24,25)26)14(15(23)16(9)30-20(31-19)32-2)8-4-5-12(22)17-13(8)10(7-27)18(28)33-17;9-8(3-4-8)7(11)10-5-1-2-6-10;8-6-4-7-2-1-3-9(7)5-6/h4-6H,3,28H2,1-2H3,(H,29,30,31);1-6H2;6-7H,1-5H2. The van der Waals surface area contributed by atoms with E-state index in [-0.39, 0.29) is 55.9 Å². The van der Waals surface area contributed by atoms with E-state index in [1.807, 2.05) is 0 Å². The number of halogens is 7. The first-order chi connectivity index (χ1) is 25.2. The van der Waals surface area contributed by atoms with Gasteiger partial charge in [-0.1, -0.05) is 6.07 Å². The highest BCUT2D eigenvalue weighted by Crippen LogP contribution is 2.48. The van der Waals surface area contributed by atoms with Gasteiger partial charge in [-0.05, 0) is 76.1 Å². The minimum atomic E-state index is -5.00. The SMILES string of the molecule is CCNc1nc(OC)nc2c(F)c(-c3ccc(F)c4sc(N)c(C#N)c34)c(C(F)(F)F)cc12.FC1CC2CCCN2C1.O=C(N1CCCC1)C1(F)CC1. The number of hydrogen-bond acceptors (Lipinski definition) is 9. The number of nitrogen functional groups attached to an aromatic ring is 1. The summed E-state index contributed by atoms with van der Waals surface area (Å²) in [4.78, 5) is 23.1. The minimum absolute atomic E-state index is 0.0444. The molecule has 5 heterocycles. The van der Waals surface area contributed by atoms with Gasteiger partial charge in [-0.15, -0.1) is 11.3 Å². The van der Waals surface area contributed by atoms with Gasteiger partial charge in [0, 0.05) is 48.6 Å². The number of carbonyl (C=O) groups is 1. The van der Waals surface area contributed by atoms with Crippen molar-refractivity contribution in [1.82, 2.24) is 19.8 Å². The molecule has 2 aromatic heterocycles. The number of fused-ring (bicyclic) bond motifs is 3. The fourth-order valence-corrected chi connectivity index (χ4v) is 8.10. The van der Waals surface area contributed by atoms with E-state index in [1.165, 1.54) is 20.0 Å². The molecule has 9 nitrogen and oxygen atoms in total. The zero-order valence-corrected chi connectivity index (χ0v) is 29.9. The van der Waals surface area contributed by atoms with E-state index in [4.69, 9.17) is 10.5 Å². The molecule has 17 heteroatoms. The van der Waals surface area contributed by atoms with Gasteiger partial charge in [0.05, 0.1) is 22.9 Å². The normalized spacial score (nSPS) is 20.3. The second-order valence-corrected chi connectivity index (χ2v) is 14.5. The quantitative estimate of drug-likeness (QED) is 0.196. The summed E-state index contributed by atoms with van der Waals surface area (Å²) in [6, 6.07) is 4.75. The van der Waals surface area contributed by atoms with Crippen molar-refractivity contribution in [2.45, 2.75) is 75.9 Å². The number of thiophene rings is 1. The molecule has 2 atom stereocenters. The van der Waals surface area contributed by atoms with Crippen molar-refractivity contribution in [3.63, 3.8) is 0 Å². The number of methoxy groups -OCH3 is 1. The highest BCUT2D eigenvalue weighted by molar-refractivity contribution is 7.23. The number of ether oxygens (including phenoxy) is 1. The molecular formula is C36H38F7N7O2S. The fourth-order valence-electron chi connectivity index (χ4n) is 7.15. The number of rotatable bonds is 5. The van der Waals surface area contributed by atoms with Crippen LogP contribution >= 0.6 is 11.3 Å².